The molecule has 2 heterocycles. The van der Waals surface area contributed by atoms with E-state index >= 15 is 0 Å². The number of carbonyl (C=O) groups excluding carboxylic acids is 1. The Hall–Kier alpha value is -3.33. The van der Waals surface area contributed by atoms with Crippen molar-refractivity contribution in [1.82, 2.24) is 9.97 Å². The number of primary amides is 1. The number of anilines is 3. The molecule has 2 aromatic heterocycles. The van der Waals surface area contributed by atoms with Crippen molar-refractivity contribution >= 4 is 34.1 Å². The fourth-order valence-corrected chi connectivity index (χ4v) is 3.67. The zero-order valence-electron chi connectivity index (χ0n) is 16.1. The predicted octanol–water partition coefficient (Wildman–Crippen LogP) is 3.40. The van der Waals surface area contributed by atoms with Crippen LogP contribution in [0.25, 0.3) is 10.9 Å². The fraction of sp³-hybridized carbons (Fsp3) is 0.286. The van der Waals surface area contributed by atoms with Gasteiger partial charge in [0.1, 0.15) is 11.6 Å². The molecular weight excluding hydrogens is 390 g/mol. The first-order valence-electron chi connectivity index (χ1n) is 9.66. The van der Waals surface area contributed by atoms with Crippen molar-refractivity contribution in [2.75, 3.05) is 10.6 Å². The van der Waals surface area contributed by atoms with Gasteiger partial charge < -0.3 is 22.1 Å². The molecule has 6 N–H and O–H groups in total. The number of nitrogens with zero attached hydrogens (tertiary/aromatic N) is 2. The summed E-state index contributed by atoms with van der Waals surface area (Å²) >= 11 is 0. The molecule has 0 unspecified atom stereocenters. The van der Waals surface area contributed by atoms with E-state index in [-0.39, 0.29) is 17.8 Å². The summed E-state index contributed by atoms with van der Waals surface area (Å²) in [5, 5.41) is 6.99. The molecule has 0 spiro atoms. The monoisotopic (exact) mass is 412 g/mol. The van der Waals surface area contributed by atoms with E-state index in [1.54, 1.807) is 12.3 Å². The van der Waals surface area contributed by atoms with Crippen LogP contribution in [0.3, 0.4) is 0 Å². The maximum Gasteiger partial charge on any atom is 0.264 e. The molecule has 0 aliphatic heterocycles. The van der Waals surface area contributed by atoms with Crippen LogP contribution in [-0.4, -0.2) is 33.9 Å². The van der Waals surface area contributed by atoms with E-state index in [2.05, 4.69) is 20.6 Å². The third-order valence-corrected chi connectivity index (χ3v) is 5.31. The Kier molecular flexibility index (Phi) is 5.21. The summed E-state index contributed by atoms with van der Waals surface area (Å²) in [6, 6.07) is 10.4. The van der Waals surface area contributed by atoms with E-state index in [0.717, 1.165) is 10.9 Å². The third-order valence-electron chi connectivity index (χ3n) is 5.31. The van der Waals surface area contributed by atoms with Crippen molar-refractivity contribution in [2.24, 2.45) is 11.5 Å². The molecule has 2 atom stereocenters. The molecule has 1 amide bonds. The molecule has 0 bridgehead atoms. The molecule has 1 saturated carbocycles. The Morgan fingerprint density at radius 2 is 2.03 bits per heavy atom. The molecule has 30 heavy (non-hydrogen) atoms. The number of carbonyl (C=O) groups is 1. The Morgan fingerprint density at radius 1 is 1.20 bits per heavy atom. The quantitative estimate of drug-likeness (QED) is 0.510. The van der Waals surface area contributed by atoms with E-state index in [9.17, 15) is 13.6 Å². The molecule has 9 heteroatoms. The van der Waals surface area contributed by atoms with Gasteiger partial charge in [-0.15, -0.1) is 0 Å². The van der Waals surface area contributed by atoms with Crippen molar-refractivity contribution in [3.63, 3.8) is 0 Å². The highest BCUT2D eigenvalue weighted by Gasteiger charge is 2.44. The number of hydrogen-bond acceptors (Lipinski definition) is 6. The molecule has 1 aliphatic rings. The molecule has 0 saturated heterocycles. The molecule has 0 radical (unpaired) electrons. The van der Waals surface area contributed by atoms with Gasteiger partial charge in [0.05, 0.1) is 17.1 Å². The van der Waals surface area contributed by atoms with Gasteiger partial charge in [0.15, 0.2) is 0 Å². The first-order chi connectivity index (χ1) is 14.3. The summed E-state index contributed by atoms with van der Waals surface area (Å²) in [4.78, 5) is 20.5. The highest BCUT2D eigenvalue weighted by atomic mass is 19.3. The number of benzene rings is 1. The van der Waals surface area contributed by atoms with Crippen LogP contribution in [0.5, 0.6) is 0 Å². The van der Waals surface area contributed by atoms with Gasteiger partial charge in [-0.25, -0.2) is 13.8 Å². The van der Waals surface area contributed by atoms with Crippen LogP contribution < -0.4 is 22.1 Å². The van der Waals surface area contributed by atoms with Crippen LogP contribution in [0.4, 0.5) is 26.1 Å². The van der Waals surface area contributed by atoms with Gasteiger partial charge in [-0.05, 0) is 49.2 Å². The minimum absolute atomic E-state index is 0.185. The Labute approximate surface area is 171 Å². The molecule has 4 rings (SSSR count). The SMILES string of the molecule is NC(=O)c1ccc(N[C@@H]2CCCC(F)(F)[C@@H]2N)nc1Nc1ccc2ncccc2c1. The lowest BCUT2D eigenvalue weighted by molar-refractivity contribution is -0.0554. The summed E-state index contributed by atoms with van der Waals surface area (Å²) in [6.45, 7) is 0. The number of hydrogen-bond donors (Lipinski definition) is 4. The Balaban J connectivity index is 1.62. The topological polar surface area (TPSA) is 119 Å². The van der Waals surface area contributed by atoms with Crippen molar-refractivity contribution < 1.29 is 13.6 Å². The summed E-state index contributed by atoms with van der Waals surface area (Å²) in [7, 11) is 0. The second-order valence-corrected chi connectivity index (χ2v) is 7.42. The molecule has 7 nitrogen and oxygen atoms in total. The van der Waals surface area contributed by atoms with Crippen molar-refractivity contribution in [3.8, 4) is 0 Å². The van der Waals surface area contributed by atoms with E-state index in [4.69, 9.17) is 11.5 Å². The first kappa shape index (κ1) is 20.0. The lowest BCUT2D eigenvalue weighted by Gasteiger charge is -2.36. The Bertz CT molecular complexity index is 1090. The van der Waals surface area contributed by atoms with Gasteiger partial charge in [-0.1, -0.05) is 6.07 Å². The average molecular weight is 412 g/mol. The number of aromatic nitrogens is 2. The minimum atomic E-state index is -2.93. The molecule has 1 aromatic carbocycles. The highest BCUT2D eigenvalue weighted by molar-refractivity contribution is 5.98. The second kappa shape index (κ2) is 7.83. The smallest absolute Gasteiger partial charge is 0.264 e. The van der Waals surface area contributed by atoms with E-state index < -0.39 is 23.9 Å². The number of fused-ring (bicyclic) bond motifs is 1. The van der Waals surface area contributed by atoms with Crippen LogP contribution in [0, 0.1) is 0 Å². The van der Waals surface area contributed by atoms with Crippen molar-refractivity contribution in [2.45, 2.75) is 37.3 Å². The average Bonchev–Trinajstić information content (AvgIpc) is 2.71. The number of pyridine rings is 2. The van der Waals surface area contributed by atoms with Crippen LogP contribution in [0.1, 0.15) is 29.6 Å². The van der Waals surface area contributed by atoms with Crippen molar-refractivity contribution in [3.05, 3.63) is 54.2 Å². The molecular formula is C21H22F2N6O. The first-order valence-corrected chi connectivity index (χ1v) is 9.66. The van der Waals surface area contributed by atoms with Crippen LogP contribution >= 0.6 is 0 Å². The highest BCUT2D eigenvalue weighted by Crippen LogP contribution is 2.34. The van der Waals surface area contributed by atoms with Crippen LogP contribution in [0.2, 0.25) is 0 Å². The summed E-state index contributed by atoms with van der Waals surface area (Å²) in [6.07, 6.45) is 2.37. The largest absolute Gasteiger partial charge is 0.365 e. The zero-order chi connectivity index (χ0) is 21.3. The standard InChI is InChI=1S/C21H22F2N6O/c22-21(23)9-1-4-16(18(21)24)28-17-8-6-14(19(25)30)20(29-17)27-13-5-7-15-12(11-13)3-2-10-26-15/h2-3,5-8,10-11,16,18H,1,4,9,24H2,(H2,25,30)(H2,27,28,29)/t16-,18-/m1/s1. The van der Waals surface area contributed by atoms with Gasteiger partial charge in [-0.3, -0.25) is 9.78 Å². The van der Waals surface area contributed by atoms with Crippen LogP contribution in [0.15, 0.2) is 48.7 Å². The van der Waals surface area contributed by atoms with Crippen molar-refractivity contribution in [1.29, 1.82) is 0 Å². The van der Waals surface area contributed by atoms with Gasteiger partial charge in [0.25, 0.3) is 11.8 Å². The summed E-state index contributed by atoms with van der Waals surface area (Å²) in [5.74, 6) is -3.02. The van der Waals surface area contributed by atoms with Gasteiger partial charge in [0.2, 0.25) is 0 Å². The second-order valence-electron chi connectivity index (χ2n) is 7.42. The van der Waals surface area contributed by atoms with E-state index in [1.165, 1.54) is 12.1 Å². The van der Waals surface area contributed by atoms with Gasteiger partial charge in [0, 0.05) is 29.7 Å². The molecule has 3 aromatic rings. The lowest BCUT2D eigenvalue weighted by atomic mass is 9.87. The maximum atomic E-state index is 14.0. The number of nitrogens with two attached hydrogens (primary N) is 2. The predicted molar refractivity (Wildman–Crippen MR) is 112 cm³/mol. The lowest BCUT2D eigenvalue weighted by Crippen LogP contribution is -2.55. The Morgan fingerprint density at radius 3 is 2.83 bits per heavy atom. The van der Waals surface area contributed by atoms with Gasteiger partial charge in [-0.2, -0.15) is 0 Å². The number of amides is 1. The number of alkyl halides is 2. The van der Waals surface area contributed by atoms with Gasteiger partial charge >= 0.3 is 0 Å². The summed E-state index contributed by atoms with van der Waals surface area (Å²) < 4.78 is 27.9. The zero-order valence-corrected chi connectivity index (χ0v) is 16.1. The normalized spacial score (nSPS) is 20.6. The molecule has 1 fully saturated rings. The summed E-state index contributed by atoms with van der Waals surface area (Å²) in [5.41, 5.74) is 12.9. The molecule has 156 valence electrons. The maximum absolute atomic E-state index is 14.0. The van der Waals surface area contributed by atoms with E-state index in [0.29, 0.717) is 24.3 Å². The molecule has 1 aliphatic carbocycles. The number of nitrogens with one attached hydrogen (secondary N) is 2. The third kappa shape index (κ3) is 4.02. The van der Waals surface area contributed by atoms with Crippen LogP contribution in [-0.2, 0) is 0 Å². The van der Waals surface area contributed by atoms with E-state index in [1.807, 2.05) is 24.3 Å². The number of rotatable bonds is 5. The fourth-order valence-electron chi connectivity index (χ4n) is 3.67. The minimum Gasteiger partial charge on any atom is -0.365 e. The number of halogens is 2.